The van der Waals surface area contributed by atoms with Crippen LogP contribution < -0.4 is 11.5 Å². The summed E-state index contributed by atoms with van der Waals surface area (Å²) in [5, 5.41) is 0. The summed E-state index contributed by atoms with van der Waals surface area (Å²) >= 11 is 0. The van der Waals surface area contributed by atoms with Gasteiger partial charge in [-0.15, -0.1) is 0 Å². The molecule has 2 nitrogen and oxygen atoms in total. The zero-order chi connectivity index (χ0) is 7.40. The van der Waals surface area contributed by atoms with Gasteiger partial charge in [-0.2, -0.15) is 0 Å². The molecule has 1 rings (SSSR count). The molecule has 1 aromatic rings. The van der Waals surface area contributed by atoms with Gasteiger partial charge in [0.15, 0.2) is 0 Å². The van der Waals surface area contributed by atoms with Crippen LogP contribution in [0.5, 0.6) is 0 Å². The molecular weight excluding hydrogens is 147 g/mol. The predicted molar refractivity (Wildman–Crippen MR) is 49.4 cm³/mol. The maximum atomic E-state index is 5.47. The van der Waals surface area contributed by atoms with Crippen molar-refractivity contribution in [1.82, 2.24) is 0 Å². The van der Waals surface area contributed by atoms with Crippen molar-refractivity contribution in [3.8, 4) is 0 Å². The maximum absolute atomic E-state index is 5.47. The second-order valence-corrected chi connectivity index (χ2v) is 2.18. The molecule has 0 aliphatic heterocycles. The van der Waals surface area contributed by atoms with Gasteiger partial charge in [0.05, 0.1) is 0 Å². The molecule has 3 heteroatoms. The molecule has 0 spiro atoms. The van der Waals surface area contributed by atoms with Crippen molar-refractivity contribution >= 4 is 29.6 Å². The second-order valence-electron chi connectivity index (χ2n) is 2.18. The molecule has 0 bridgehead atoms. The molecule has 0 amide bonds. The van der Waals surface area contributed by atoms with E-state index in [-0.39, 0.29) is 29.6 Å². The first-order valence-corrected chi connectivity index (χ1v) is 3.35. The van der Waals surface area contributed by atoms with E-state index in [1.807, 2.05) is 24.3 Å². The van der Waals surface area contributed by atoms with Gasteiger partial charge in [-0.25, -0.2) is 0 Å². The van der Waals surface area contributed by atoms with Crippen molar-refractivity contribution in [3.05, 3.63) is 35.4 Å². The summed E-state index contributed by atoms with van der Waals surface area (Å²) in [6, 6.07) is 7.95. The van der Waals surface area contributed by atoms with E-state index in [4.69, 9.17) is 11.5 Å². The third-order valence-corrected chi connectivity index (χ3v) is 1.56. The summed E-state index contributed by atoms with van der Waals surface area (Å²) in [6.45, 7) is 1.15. The third-order valence-electron chi connectivity index (χ3n) is 1.56. The van der Waals surface area contributed by atoms with E-state index in [0.29, 0.717) is 13.1 Å². The van der Waals surface area contributed by atoms with Gasteiger partial charge in [0, 0.05) is 13.1 Å². The van der Waals surface area contributed by atoms with Crippen molar-refractivity contribution < 1.29 is 0 Å². The Labute approximate surface area is 89.3 Å². The first kappa shape index (κ1) is 11.1. The van der Waals surface area contributed by atoms with Crippen molar-refractivity contribution in [2.24, 2.45) is 11.5 Å². The van der Waals surface area contributed by atoms with E-state index in [2.05, 4.69) is 0 Å². The fraction of sp³-hybridized carbons (Fsp3) is 0.250. The minimum atomic E-state index is 0. The van der Waals surface area contributed by atoms with Gasteiger partial charge in [-0.3, -0.25) is 0 Å². The Kier molecular flexibility index (Phi) is 5.82. The Morgan fingerprint density at radius 2 is 1.27 bits per heavy atom. The van der Waals surface area contributed by atoms with Crippen LogP contribution in [0, 0.1) is 0 Å². The molecule has 0 unspecified atom stereocenters. The Hall–Kier alpha value is 0.140. The van der Waals surface area contributed by atoms with E-state index in [1.165, 1.54) is 0 Å². The van der Waals surface area contributed by atoms with Crippen LogP contribution in [0.25, 0.3) is 0 Å². The average Bonchev–Trinajstić information content (AvgIpc) is 2.04. The molecule has 0 aliphatic rings. The molecule has 0 fully saturated rings. The van der Waals surface area contributed by atoms with Crippen molar-refractivity contribution in [2.45, 2.75) is 13.1 Å². The molecule has 4 N–H and O–H groups in total. The third kappa shape index (κ3) is 2.93. The Morgan fingerprint density at radius 3 is 1.55 bits per heavy atom. The fourth-order valence-corrected chi connectivity index (χ4v) is 0.956. The molecule has 0 radical (unpaired) electrons. The molecule has 1 aromatic carbocycles. The number of hydrogen-bond acceptors (Lipinski definition) is 2. The summed E-state index contributed by atoms with van der Waals surface area (Å²) in [5.74, 6) is 0. The second kappa shape index (κ2) is 5.75. The first-order valence-electron chi connectivity index (χ1n) is 3.35. The van der Waals surface area contributed by atoms with E-state index >= 15 is 0 Å². The molecule has 0 atom stereocenters. The molecule has 0 heterocycles. The van der Waals surface area contributed by atoms with Crippen LogP contribution in [0.1, 0.15) is 11.1 Å². The van der Waals surface area contributed by atoms with Crippen molar-refractivity contribution in [1.29, 1.82) is 0 Å². The van der Waals surface area contributed by atoms with Crippen LogP contribution in [0.4, 0.5) is 0 Å². The molecule has 0 saturated heterocycles. The molecular formula is C8H13N2Na. The van der Waals surface area contributed by atoms with Crippen molar-refractivity contribution in [2.75, 3.05) is 0 Å². The average molecular weight is 160 g/mol. The number of rotatable bonds is 2. The molecule has 11 heavy (non-hydrogen) atoms. The van der Waals surface area contributed by atoms with E-state index < -0.39 is 0 Å². The zero-order valence-electron chi connectivity index (χ0n) is 5.88. The first-order chi connectivity index (χ1) is 4.88. The van der Waals surface area contributed by atoms with Crippen LogP contribution >= 0.6 is 0 Å². The Balaban J connectivity index is 0.000001000. The van der Waals surface area contributed by atoms with Gasteiger partial charge in [0.25, 0.3) is 0 Å². The Morgan fingerprint density at radius 1 is 0.909 bits per heavy atom. The minimum absolute atomic E-state index is 0. The molecule has 0 aliphatic carbocycles. The fourth-order valence-electron chi connectivity index (χ4n) is 0.956. The summed E-state index contributed by atoms with van der Waals surface area (Å²) in [5.41, 5.74) is 13.2. The van der Waals surface area contributed by atoms with E-state index in [9.17, 15) is 0 Å². The van der Waals surface area contributed by atoms with Crippen LogP contribution in [-0.4, -0.2) is 29.6 Å². The SMILES string of the molecule is NCc1ccccc1CN.[NaH]. The van der Waals surface area contributed by atoms with Crippen LogP contribution in [0.3, 0.4) is 0 Å². The predicted octanol–water partition coefficient (Wildman–Crippen LogP) is -0.0445. The molecule has 0 saturated carbocycles. The molecule has 56 valence electrons. The van der Waals surface area contributed by atoms with Crippen LogP contribution in [0.2, 0.25) is 0 Å². The number of hydrogen-bond donors (Lipinski definition) is 2. The summed E-state index contributed by atoms with van der Waals surface area (Å²) in [4.78, 5) is 0. The van der Waals surface area contributed by atoms with Gasteiger partial charge >= 0.3 is 29.6 Å². The monoisotopic (exact) mass is 160 g/mol. The summed E-state index contributed by atoms with van der Waals surface area (Å²) < 4.78 is 0. The number of benzene rings is 1. The summed E-state index contributed by atoms with van der Waals surface area (Å²) in [6.07, 6.45) is 0. The van der Waals surface area contributed by atoms with Crippen molar-refractivity contribution in [3.63, 3.8) is 0 Å². The van der Waals surface area contributed by atoms with Gasteiger partial charge in [-0.05, 0) is 11.1 Å². The quantitative estimate of drug-likeness (QED) is 0.596. The topological polar surface area (TPSA) is 52.0 Å². The van der Waals surface area contributed by atoms with Crippen LogP contribution in [-0.2, 0) is 13.1 Å². The summed E-state index contributed by atoms with van der Waals surface area (Å²) in [7, 11) is 0. The van der Waals surface area contributed by atoms with E-state index in [0.717, 1.165) is 11.1 Å². The van der Waals surface area contributed by atoms with Crippen LogP contribution in [0.15, 0.2) is 24.3 Å². The van der Waals surface area contributed by atoms with E-state index in [1.54, 1.807) is 0 Å². The van der Waals surface area contributed by atoms with Gasteiger partial charge in [0.1, 0.15) is 0 Å². The zero-order valence-corrected chi connectivity index (χ0v) is 5.88. The number of nitrogens with two attached hydrogens (primary N) is 2. The molecule has 0 aromatic heterocycles. The normalized spacial score (nSPS) is 8.91. The van der Waals surface area contributed by atoms with Gasteiger partial charge < -0.3 is 11.5 Å². The van der Waals surface area contributed by atoms with Gasteiger partial charge in [-0.1, -0.05) is 24.3 Å². The standard InChI is InChI=1S/C8H12N2.Na.H/c9-5-7-3-1-2-4-8(7)6-10;;/h1-4H,5-6,9-10H2;;. The Bertz CT molecular complexity index is 190. The van der Waals surface area contributed by atoms with Gasteiger partial charge in [0.2, 0.25) is 0 Å².